The molecule has 0 aromatic rings. The van der Waals surface area contributed by atoms with Crippen molar-refractivity contribution in [2.45, 2.75) is 0 Å². The van der Waals surface area contributed by atoms with Gasteiger partial charge in [-0.15, -0.1) is 0 Å². The van der Waals surface area contributed by atoms with Crippen molar-refractivity contribution in [2.75, 3.05) is 18.1 Å². The molecule has 0 aromatic heterocycles. The number of aldehydes is 1. The van der Waals surface area contributed by atoms with E-state index in [1.807, 2.05) is 0 Å². The Morgan fingerprint density at radius 1 is 1.70 bits per heavy atom. The molecule has 10 heavy (non-hydrogen) atoms. The van der Waals surface area contributed by atoms with Gasteiger partial charge < -0.3 is 15.3 Å². The lowest BCUT2D eigenvalue weighted by Crippen LogP contribution is -2.14. The van der Waals surface area contributed by atoms with E-state index in [0.717, 1.165) is 12.0 Å². The van der Waals surface area contributed by atoms with Crippen LogP contribution in [0.4, 0.5) is 4.79 Å². The molecule has 0 saturated carbocycles. The van der Waals surface area contributed by atoms with Gasteiger partial charge in [0, 0.05) is 11.5 Å². The largest absolute Gasteiger partial charge is 0.449 e. The van der Waals surface area contributed by atoms with E-state index in [2.05, 4.69) is 10.5 Å². The summed E-state index contributed by atoms with van der Waals surface area (Å²) < 4.78 is 4.42. The summed E-state index contributed by atoms with van der Waals surface area (Å²) >= 11 is 0.531. The first-order chi connectivity index (χ1) is 4.77. The molecule has 0 radical (unpaired) electrons. The highest BCUT2D eigenvalue weighted by Crippen LogP contribution is 1.95. The zero-order chi connectivity index (χ0) is 7.82. The number of amides is 1. The molecule has 0 aromatic carbocycles. The van der Waals surface area contributed by atoms with E-state index in [9.17, 15) is 9.59 Å². The molecule has 0 bridgehead atoms. The summed E-state index contributed by atoms with van der Waals surface area (Å²) in [5.41, 5.74) is 4.68. The second-order valence-corrected chi connectivity index (χ2v) is 2.95. The van der Waals surface area contributed by atoms with Crippen molar-refractivity contribution in [3.05, 3.63) is 0 Å². The van der Waals surface area contributed by atoms with Crippen LogP contribution >= 0.6 is 11.8 Å². The lowest BCUT2D eigenvalue weighted by Gasteiger charge is -1.99. The highest BCUT2D eigenvalue weighted by molar-refractivity contribution is 7.99. The first kappa shape index (κ1) is 9.29. The van der Waals surface area contributed by atoms with Crippen molar-refractivity contribution >= 4 is 24.1 Å². The van der Waals surface area contributed by atoms with Gasteiger partial charge in [-0.2, -0.15) is 0 Å². The molecule has 0 aliphatic rings. The number of primary amides is 1. The molecule has 0 spiro atoms. The summed E-state index contributed by atoms with van der Waals surface area (Å²) in [6, 6.07) is 0. The average molecular weight is 165 g/mol. The molecule has 60 valence electrons. The van der Waals surface area contributed by atoms with Gasteiger partial charge >= 0.3 is 6.09 Å². The SMILES string of the molecule is NC(=O)OCC[SH2]CC=O. The Morgan fingerprint density at radius 3 is 2.90 bits per heavy atom. The normalized spacial score (nSPS) is 10.8. The Balaban J connectivity index is 2.90. The van der Waals surface area contributed by atoms with E-state index < -0.39 is 6.09 Å². The second-order valence-electron chi connectivity index (χ2n) is 1.54. The maximum Gasteiger partial charge on any atom is 0.404 e. The fourth-order valence-electron chi connectivity index (χ4n) is 0.385. The summed E-state index contributed by atoms with van der Waals surface area (Å²) in [5, 5.41) is 0. The van der Waals surface area contributed by atoms with Gasteiger partial charge in [0.05, 0.1) is 0 Å². The summed E-state index contributed by atoms with van der Waals surface area (Å²) in [5.74, 6) is 1.27. The standard InChI is InChI=1S/C5H11NO3S/c6-5(8)9-2-4-10-3-1-7/h1H,2-4,10H2,(H2,6,8). The molecule has 5 heteroatoms. The number of rotatable bonds is 5. The first-order valence-electron chi connectivity index (χ1n) is 2.84. The molecule has 0 heterocycles. The number of ether oxygens (including phenoxy) is 1. The predicted molar refractivity (Wildman–Crippen MR) is 41.7 cm³/mol. The van der Waals surface area contributed by atoms with Crippen LogP contribution < -0.4 is 5.73 Å². The van der Waals surface area contributed by atoms with Gasteiger partial charge in [0.25, 0.3) is 0 Å². The van der Waals surface area contributed by atoms with Crippen molar-refractivity contribution in [1.29, 1.82) is 0 Å². The van der Waals surface area contributed by atoms with E-state index in [1.54, 1.807) is 0 Å². The highest BCUT2D eigenvalue weighted by atomic mass is 32.2. The van der Waals surface area contributed by atoms with Crippen LogP contribution in [0, 0.1) is 0 Å². The average Bonchev–Trinajstić information content (AvgIpc) is 1.87. The van der Waals surface area contributed by atoms with E-state index in [4.69, 9.17) is 0 Å². The molecule has 0 unspecified atom stereocenters. The van der Waals surface area contributed by atoms with Gasteiger partial charge in [-0.3, -0.25) is 11.8 Å². The Hall–Kier alpha value is -0.710. The van der Waals surface area contributed by atoms with Crippen LogP contribution in [-0.2, 0) is 9.53 Å². The molecule has 0 atom stereocenters. The number of hydrogen-bond donors (Lipinski definition) is 1. The van der Waals surface area contributed by atoms with Crippen LogP contribution in [0.2, 0.25) is 0 Å². The Morgan fingerprint density at radius 2 is 2.40 bits per heavy atom. The van der Waals surface area contributed by atoms with Crippen LogP contribution in [-0.4, -0.2) is 30.5 Å². The Bertz CT molecular complexity index is 117. The molecule has 2 N–H and O–H groups in total. The quantitative estimate of drug-likeness (QED) is 0.440. The fourth-order valence-corrected chi connectivity index (χ4v) is 0.953. The molecule has 0 saturated heterocycles. The predicted octanol–water partition coefficient (Wildman–Crippen LogP) is -0.522. The number of nitrogens with two attached hydrogens (primary N) is 1. The maximum atomic E-state index is 9.97. The number of carbonyl (C=O) groups is 2. The summed E-state index contributed by atoms with van der Waals surface area (Å²) in [7, 11) is 0. The molecule has 0 rings (SSSR count). The third-order valence-electron chi connectivity index (χ3n) is 0.751. The van der Waals surface area contributed by atoms with Crippen molar-refractivity contribution in [1.82, 2.24) is 0 Å². The van der Waals surface area contributed by atoms with Crippen molar-refractivity contribution in [2.24, 2.45) is 5.73 Å². The molecule has 0 fully saturated rings. The van der Waals surface area contributed by atoms with Gasteiger partial charge in [0.2, 0.25) is 0 Å². The monoisotopic (exact) mass is 165 g/mol. The van der Waals surface area contributed by atoms with Crippen LogP contribution in [0.15, 0.2) is 0 Å². The smallest absolute Gasteiger partial charge is 0.404 e. The topological polar surface area (TPSA) is 69.4 Å². The zero-order valence-electron chi connectivity index (χ0n) is 5.50. The number of carbonyl (C=O) groups excluding carboxylic acids is 2. The van der Waals surface area contributed by atoms with Crippen LogP contribution in [0.1, 0.15) is 0 Å². The van der Waals surface area contributed by atoms with Gasteiger partial charge in [-0.05, 0) is 0 Å². The summed E-state index contributed by atoms with van der Waals surface area (Å²) in [4.78, 5) is 19.7. The van der Waals surface area contributed by atoms with Gasteiger partial charge in [-0.1, -0.05) is 0 Å². The van der Waals surface area contributed by atoms with E-state index in [1.165, 1.54) is 0 Å². The Labute approximate surface area is 63.1 Å². The third-order valence-corrected chi connectivity index (χ3v) is 1.76. The third kappa shape index (κ3) is 7.29. The lowest BCUT2D eigenvalue weighted by molar-refractivity contribution is -0.105. The first-order valence-corrected chi connectivity index (χ1v) is 4.25. The summed E-state index contributed by atoms with van der Waals surface area (Å²) in [6.45, 7) is 0.321. The van der Waals surface area contributed by atoms with Crippen LogP contribution in [0.3, 0.4) is 0 Å². The van der Waals surface area contributed by atoms with Crippen molar-refractivity contribution in [3.63, 3.8) is 0 Å². The van der Waals surface area contributed by atoms with Gasteiger partial charge in [0.1, 0.15) is 12.9 Å². The fraction of sp³-hybridized carbons (Fsp3) is 0.600. The number of hydrogen-bond acceptors (Lipinski definition) is 3. The molecular weight excluding hydrogens is 154 g/mol. The van der Waals surface area contributed by atoms with Crippen molar-refractivity contribution < 1.29 is 14.3 Å². The van der Waals surface area contributed by atoms with E-state index >= 15 is 0 Å². The summed E-state index contributed by atoms with van der Waals surface area (Å²) in [6.07, 6.45) is 0.0961. The minimum atomic E-state index is -0.754. The Kier molecular flexibility index (Phi) is 5.96. The molecule has 1 amide bonds. The van der Waals surface area contributed by atoms with Gasteiger partial charge in [0.15, 0.2) is 0 Å². The molecule has 0 aliphatic carbocycles. The second kappa shape index (κ2) is 6.41. The minimum Gasteiger partial charge on any atom is -0.449 e. The molecule has 0 aliphatic heterocycles. The van der Waals surface area contributed by atoms with Crippen LogP contribution in [0.25, 0.3) is 0 Å². The van der Waals surface area contributed by atoms with Crippen LogP contribution in [0.5, 0.6) is 0 Å². The van der Waals surface area contributed by atoms with Gasteiger partial charge in [-0.25, -0.2) is 4.79 Å². The molecular formula is C5H11NO3S. The lowest BCUT2D eigenvalue weighted by atomic mass is 10.8. The van der Waals surface area contributed by atoms with Crippen molar-refractivity contribution in [3.8, 4) is 0 Å². The zero-order valence-corrected chi connectivity index (χ0v) is 6.50. The maximum absolute atomic E-state index is 9.97. The highest BCUT2D eigenvalue weighted by Gasteiger charge is 1.90. The van der Waals surface area contributed by atoms with E-state index in [0.29, 0.717) is 24.1 Å². The minimum absolute atomic E-state index is 0.321. The molecule has 4 nitrogen and oxygen atoms in total. The van der Waals surface area contributed by atoms with E-state index in [-0.39, 0.29) is 0 Å².